The Morgan fingerprint density at radius 1 is 0.878 bits per heavy atom. The van der Waals surface area contributed by atoms with Gasteiger partial charge < -0.3 is 30.1 Å². The van der Waals surface area contributed by atoms with E-state index in [4.69, 9.17) is 4.74 Å². The number of aliphatic hydroxyl groups is 4. The van der Waals surface area contributed by atoms with Crippen LogP contribution in [0.5, 0.6) is 0 Å². The fraction of sp³-hybridized carbons (Fsp3) is 0.375. The van der Waals surface area contributed by atoms with E-state index in [9.17, 15) is 34.4 Å². The maximum absolute atomic E-state index is 13.4. The lowest BCUT2D eigenvalue weighted by Crippen LogP contribution is -2.59. The molecule has 9 heteroatoms. The summed E-state index contributed by atoms with van der Waals surface area (Å²) < 4.78 is 18.9. The highest BCUT2D eigenvalue weighted by Crippen LogP contribution is 2.46. The van der Waals surface area contributed by atoms with Crippen molar-refractivity contribution in [3.63, 3.8) is 0 Å². The van der Waals surface area contributed by atoms with Crippen molar-refractivity contribution in [2.75, 3.05) is 11.5 Å². The van der Waals surface area contributed by atoms with Gasteiger partial charge in [-0.1, -0.05) is 42.0 Å². The van der Waals surface area contributed by atoms with Crippen molar-refractivity contribution >= 4 is 17.4 Å². The van der Waals surface area contributed by atoms with Crippen molar-refractivity contribution in [2.45, 2.75) is 62.7 Å². The number of ketones is 1. The Kier molecular flexibility index (Phi) is 8.63. The number of nitrogens with zero attached hydrogens (tertiary/aromatic N) is 1. The Labute approximate surface area is 237 Å². The number of carbonyl (C=O) groups is 2. The molecule has 3 aromatic rings. The summed E-state index contributed by atoms with van der Waals surface area (Å²) in [5, 5.41) is 40.0. The van der Waals surface area contributed by atoms with E-state index >= 15 is 0 Å². The largest absolute Gasteiger partial charge is 0.394 e. The normalized spacial score (nSPS) is 27.9. The second-order valence-corrected chi connectivity index (χ2v) is 10.9. The Morgan fingerprint density at radius 3 is 2.15 bits per heavy atom. The van der Waals surface area contributed by atoms with E-state index in [1.54, 1.807) is 4.90 Å². The highest BCUT2D eigenvalue weighted by atomic mass is 19.1. The van der Waals surface area contributed by atoms with Gasteiger partial charge in [0.2, 0.25) is 5.91 Å². The van der Waals surface area contributed by atoms with Gasteiger partial charge in [-0.2, -0.15) is 0 Å². The van der Waals surface area contributed by atoms with E-state index in [0.29, 0.717) is 12.0 Å². The molecule has 41 heavy (non-hydrogen) atoms. The van der Waals surface area contributed by atoms with E-state index in [-0.39, 0.29) is 30.6 Å². The number of benzene rings is 3. The molecule has 3 aromatic carbocycles. The highest BCUT2D eigenvalue weighted by Gasteiger charge is 2.48. The number of rotatable bonds is 9. The van der Waals surface area contributed by atoms with E-state index < -0.39 is 48.9 Å². The summed E-state index contributed by atoms with van der Waals surface area (Å²) in [7, 11) is 0. The van der Waals surface area contributed by atoms with E-state index in [1.807, 2.05) is 55.5 Å². The number of amides is 1. The van der Waals surface area contributed by atoms with Gasteiger partial charge in [0.25, 0.3) is 0 Å². The fourth-order valence-electron chi connectivity index (χ4n) is 5.70. The summed E-state index contributed by atoms with van der Waals surface area (Å²) in [5.41, 5.74) is 3.91. The van der Waals surface area contributed by atoms with Crippen LogP contribution < -0.4 is 4.90 Å². The minimum atomic E-state index is -1.44. The summed E-state index contributed by atoms with van der Waals surface area (Å²) in [6, 6.07) is 20.3. The van der Waals surface area contributed by atoms with Crippen LogP contribution >= 0.6 is 0 Å². The van der Waals surface area contributed by atoms with Crippen LogP contribution in [-0.4, -0.2) is 69.2 Å². The van der Waals surface area contributed by atoms with Crippen LogP contribution in [0.2, 0.25) is 0 Å². The molecule has 216 valence electrons. The number of ether oxygens (including phenoxy) is 1. The Bertz CT molecular complexity index is 1360. The first-order valence-electron chi connectivity index (χ1n) is 13.8. The SMILES string of the molecule is Cc1ccc(N2C(=O)[C@H](CCC(=O)c3ccc(F)cc3)[C@H]2c2ccc(C[C@@H]3O[C@H](CO)[C@@H](O)[C@H](O)[C@@H]3O)cc2)cc1. The van der Waals surface area contributed by atoms with Gasteiger partial charge in [-0.3, -0.25) is 9.59 Å². The first-order valence-corrected chi connectivity index (χ1v) is 13.8. The number of hydrogen-bond donors (Lipinski definition) is 4. The zero-order valence-electron chi connectivity index (χ0n) is 22.6. The first kappa shape index (κ1) is 29.0. The monoisotopic (exact) mass is 563 g/mol. The summed E-state index contributed by atoms with van der Waals surface area (Å²) in [6.45, 7) is 1.48. The van der Waals surface area contributed by atoms with Gasteiger partial charge in [-0.25, -0.2) is 4.39 Å². The summed E-state index contributed by atoms with van der Waals surface area (Å²) in [4.78, 5) is 27.9. The number of aryl methyl sites for hydroxylation is 1. The molecule has 7 atom stereocenters. The molecule has 0 aromatic heterocycles. The third kappa shape index (κ3) is 5.95. The molecule has 2 heterocycles. The quantitative estimate of drug-likeness (QED) is 0.233. The van der Waals surface area contributed by atoms with Crippen molar-refractivity contribution in [1.82, 2.24) is 0 Å². The molecule has 8 nitrogen and oxygen atoms in total. The molecule has 0 unspecified atom stereocenters. The van der Waals surface area contributed by atoms with E-state index in [1.165, 1.54) is 24.3 Å². The molecule has 2 saturated heterocycles. The average molecular weight is 564 g/mol. The Balaban J connectivity index is 1.34. The number of aliphatic hydroxyl groups excluding tert-OH is 4. The van der Waals surface area contributed by atoms with Crippen molar-refractivity contribution in [3.05, 3.63) is 101 Å². The summed E-state index contributed by atoms with van der Waals surface area (Å²) >= 11 is 0. The van der Waals surface area contributed by atoms with Crippen molar-refractivity contribution in [3.8, 4) is 0 Å². The molecule has 0 saturated carbocycles. The molecule has 2 fully saturated rings. The maximum atomic E-state index is 13.4. The van der Waals surface area contributed by atoms with Crippen molar-refractivity contribution in [2.24, 2.45) is 5.92 Å². The summed E-state index contributed by atoms with van der Waals surface area (Å²) in [5.74, 6) is -1.06. The van der Waals surface area contributed by atoms with Gasteiger partial charge in [0, 0.05) is 24.1 Å². The zero-order chi connectivity index (χ0) is 29.3. The molecular weight excluding hydrogens is 529 g/mol. The molecular formula is C32H34FNO7. The van der Waals surface area contributed by atoms with E-state index in [0.717, 1.165) is 22.4 Å². The fourth-order valence-corrected chi connectivity index (χ4v) is 5.70. The van der Waals surface area contributed by atoms with Crippen molar-refractivity contribution < 1.29 is 39.1 Å². The Morgan fingerprint density at radius 2 is 1.51 bits per heavy atom. The van der Waals surface area contributed by atoms with Crippen LogP contribution in [0.4, 0.5) is 10.1 Å². The van der Waals surface area contributed by atoms with Crippen LogP contribution in [0, 0.1) is 18.7 Å². The van der Waals surface area contributed by atoms with Gasteiger partial charge in [0.15, 0.2) is 5.78 Å². The van der Waals surface area contributed by atoms with E-state index in [2.05, 4.69) is 0 Å². The molecule has 0 aliphatic carbocycles. The minimum absolute atomic E-state index is 0.0730. The van der Waals surface area contributed by atoms with Gasteiger partial charge in [0.1, 0.15) is 30.2 Å². The zero-order valence-corrected chi connectivity index (χ0v) is 22.6. The van der Waals surface area contributed by atoms with Gasteiger partial charge in [-0.15, -0.1) is 0 Å². The van der Waals surface area contributed by atoms with Crippen LogP contribution in [0.1, 0.15) is 45.9 Å². The number of halogens is 1. The molecule has 0 bridgehead atoms. The average Bonchev–Trinajstić information content (AvgIpc) is 2.98. The smallest absolute Gasteiger partial charge is 0.233 e. The van der Waals surface area contributed by atoms with Gasteiger partial charge in [0.05, 0.1) is 24.7 Å². The minimum Gasteiger partial charge on any atom is -0.394 e. The van der Waals surface area contributed by atoms with Crippen molar-refractivity contribution in [1.29, 1.82) is 0 Å². The molecule has 0 radical (unpaired) electrons. The summed E-state index contributed by atoms with van der Waals surface area (Å²) in [6.07, 6.45) is -5.24. The molecule has 1 amide bonds. The lowest BCUT2D eigenvalue weighted by Gasteiger charge is -2.47. The predicted molar refractivity (Wildman–Crippen MR) is 149 cm³/mol. The van der Waals surface area contributed by atoms with Crippen LogP contribution in [-0.2, 0) is 16.0 Å². The maximum Gasteiger partial charge on any atom is 0.233 e. The second kappa shape index (κ2) is 12.2. The second-order valence-electron chi connectivity index (χ2n) is 10.9. The lowest BCUT2D eigenvalue weighted by molar-refractivity contribution is -0.228. The standard InChI is InChI=1S/C32H34FNO7/c1-18-2-12-23(13-3-18)34-28(24(32(34)40)14-15-25(36)20-8-10-22(33)11-9-20)21-6-4-19(5-7-21)16-26-29(37)31(39)30(38)27(17-35)41-26/h2-13,24,26-31,35,37-39H,14-17H2,1H3/t24-,26+,27-,28-,29-,30-,31-/m1/s1. The lowest BCUT2D eigenvalue weighted by atomic mass is 9.78. The Hall–Kier alpha value is -3.47. The van der Waals surface area contributed by atoms with Gasteiger partial charge >= 0.3 is 0 Å². The molecule has 2 aliphatic heterocycles. The molecule has 2 aliphatic rings. The molecule has 0 spiro atoms. The molecule has 5 rings (SSSR count). The topological polar surface area (TPSA) is 128 Å². The number of anilines is 1. The van der Waals surface area contributed by atoms with Crippen LogP contribution in [0.3, 0.4) is 0 Å². The first-order chi connectivity index (χ1) is 19.7. The van der Waals surface area contributed by atoms with Gasteiger partial charge in [-0.05, 0) is 60.9 Å². The number of β-lactam (4-membered cyclic amide) rings is 1. The molecule has 4 N–H and O–H groups in total. The third-order valence-corrected chi connectivity index (χ3v) is 8.12. The number of Topliss-reactive ketones (excluding diaryl/α,β-unsaturated/α-hetero) is 1. The number of carbonyl (C=O) groups excluding carboxylic acids is 2. The third-order valence-electron chi connectivity index (χ3n) is 8.12. The highest BCUT2D eigenvalue weighted by molar-refractivity contribution is 6.04. The van der Waals surface area contributed by atoms with Crippen LogP contribution in [0.25, 0.3) is 0 Å². The van der Waals surface area contributed by atoms with Crippen LogP contribution in [0.15, 0.2) is 72.8 Å². The predicted octanol–water partition coefficient (Wildman–Crippen LogP) is 2.89. The number of hydrogen-bond acceptors (Lipinski definition) is 7.